The fourth-order valence-corrected chi connectivity index (χ4v) is 6.03. The summed E-state index contributed by atoms with van der Waals surface area (Å²) in [5.41, 5.74) is 2.55. The van der Waals surface area contributed by atoms with Crippen LogP contribution in [0.3, 0.4) is 0 Å². The maximum absolute atomic E-state index is 15.5. The number of carbonyl (C=O) groups excluding carboxylic acids is 2. The third-order valence-electron chi connectivity index (χ3n) is 6.24. The number of nitrogens with one attached hydrogen (secondary N) is 3. The zero-order valence-corrected chi connectivity index (χ0v) is 27.2. The molecule has 14 heteroatoms. The maximum atomic E-state index is 15.5. The molecule has 3 N–H and O–H groups in total. The van der Waals surface area contributed by atoms with Crippen LogP contribution in [0, 0.1) is 17.1 Å². The second kappa shape index (κ2) is 13.9. The fourth-order valence-electron chi connectivity index (χ4n) is 4.38. The van der Waals surface area contributed by atoms with Gasteiger partial charge in [0.1, 0.15) is 17.6 Å². The Labute approximate surface area is 271 Å². The highest BCUT2D eigenvalue weighted by molar-refractivity contribution is 7.89. The predicted octanol–water partition coefficient (Wildman–Crippen LogP) is 5.47. The number of carbonyl (C=O) groups is 2. The molecule has 0 spiro atoms. The molecule has 47 heavy (non-hydrogen) atoms. The monoisotopic (exact) mass is 660 g/mol. The van der Waals surface area contributed by atoms with Crippen LogP contribution >= 0.6 is 0 Å². The van der Waals surface area contributed by atoms with Crippen molar-refractivity contribution in [2.24, 2.45) is 0 Å². The molecule has 0 unspecified atom stereocenters. The normalized spacial score (nSPS) is 11.3. The number of allylic oxidation sites excluding steroid dienone is 1. The highest BCUT2D eigenvalue weighted by Gasteiger charge is 2.26. The Morgan fingerprint density at radius 1 is 1.09 bits per heavy atom. The summed E-state index contributed by atoms with van der Waals surface area (Å²) in [4.78, 5) is 31.4. The van der Waals surface area contributed by atoms with Crippen molar-refractivity contribution in [1.29, 1.82) is 5.26 Å². The number of ether oxygens (including phenoxy) is 1. The summed E-state index contributed by atoms with van der Waals surface area (Å²) in [6.45, 7) is 12.1. The number of benzene rings is 3. The molecule has 0 saturated carbocycles. The lowest BCUT2D eigenvalue weighted by molar-refractivity contribution is 0.0518. The first-order valence-electron chi connectivity index (χ1n) is 14.3. The van der Waals surface area contributed by atoms with Gasteiger partial charge in [0.15, 0.2) is 11.4 Å². The van der Waals surface area contributed by atoms with Crippen LogP contribution in [0.1, 0.15) is 61.2 Å². The minimum absolute atomic E-state index is 0.0370. The Morgan fingerprint density at radius 3 is 2.45 bits per heavy atom. The lowest BCUT2D eigenvalue weighted by Crippen LogP contribution is -2.40. The molecule has 244 valence electrons. The van der Waals surface area contributed by atoms with E-state index in [-0.39, 0.29) is 56.7 Å². The van der Waals surface area contributed by atoms with E-state index in [2.05, 4.69) is 27.2 Å². The van der Waals surface area contributed by atoms with Crippen LogP contribution in [0.5, 0.6) is 5.75 Å². The smallest absolute Gasteiger partial charge is 0.358 e. The van der Waals surface area contributed by atoms with Crippen LogP contribution in [0.25, 0.3) is 16.8 Å². The third-order valence-corrected chi connectivity index (χ3v) is 8.05. The molecule has 0 aliphatic carbocycles. The highest BCUT2D eigenvalue weighted by atomic mass is 32.2. The molecule has 0 aliphatic heterocycles. The average molecular weight is 661 g/mol. The standard InChI is InChI=1S/C33H33FN6O6S/c1-7-45-32(42)27-18-28(40(37-27)23-13-15-29(22(16-23)19-35)46-38-20(2)3)31(41)36-26-14-12-21(17-25(26)34)24-10-8-9-11-30(24)47(43,44)39-33(4,5)6/h8-18,38-39H,2,7H2,1,3-6H3,(H,36,41). The number of anilines is 1. The van der Waals surface area contributed by atoms with E-state index >= 15 is 4.39 Å². The van der Waals surface area contributed by atoms with E-state index in [0.717, 1.165) is 10.7 Å². The summed E-state index contributed by atoms with van der Waals surface area (Å²) in [5.74, 6) is -2.30. The van der Waals surface area contributed by atoms with E-state index in [1.807, 2.05) is 6.07 Å². The number of hydroxylamine groups is 1. The van der Waals surface area contributed by atoms with Gasteiger partial charge in [-0.25, -0.2) is 32.5 Å². The summed E-state index contributed by atoms with van der Waals surface area (Å²) in [7, 11) is -3.95. The van der Waals surface area contributed by atoms with Gasteiger partial charge in [0, 0.05) is 22.9 Å². The maximum Gasteiger partial charge on any atom is 0.358 e. The van der Waals surface area contributed by atoms with Crippen LogP contribution < -0.4 is 20.4 Å². The summed E-state index contributed by atoms with van der Waals surface area (Å²) in [6, 6.07) is 17.6. The van der Waals surface area contributed by atoms with Crippen LogP contribution in [0.2, 0.25) is 0 Å². The molecular weight excluding hydrogens is 627 g/mol. The Balaban J connectivity index is 1.70. The van der Waals surface area contributed by atoms with E-state index in [1.54, 1.807) is 52.8 Å². The molecule has 1 amide bonds. The molecular formula is C33H33FN6O6S. The number of amides is 1. The molecule has 0 aliphatic rings. The molecule has 0 bridgehead atoms. The van der Waals surface area contributed by atoms with Gasteiger partial charge in [0.2, 0.25) is 10.0 Å². The van der Waals surface area contributed by atoms with E-state index < -0.39 is 33.3 Å². The van der Waals surface area contributed by atoms with Crippen molar-refractivity contribution in [3.63, 3.8) is 0 Å². The number of hydrogen-bond donors (Lipinski definition) is 3. The molecule has 1 heterocycles. The number of esters is 1. The van der Waals surface area contributed by atoms with Crippen molar-refractivity contribution < 1.29 is 32.0 Å². The minimum Gasteiger partial charge on any atom is -0.461 e. The number of halogens is 1. The molecule has 3 aromatic carbocycles. The number of nitrogens with zero attached hydrogens (tertiary/aromatic N) is 3. The number of nitriles is 1. The van der Waals surface area contributed by atoms with Crippen molar-refractivity contribution in [2.45, 2.75) is 45.1 Å². The van der Waals surface area contributed by atoms with Crippen molar-refractivity contribution in [2.75, 3.05) is 11.9 Å². The van der Waals surface area contributed by atoms with Crippen molar-refractivity contribution in [1.82, 2.24) is 20.0 Å². The first-order valence-corrected chi connectivity index (χ1v) is 15.8. The van der Waals surface area contributed by atoms with E-state index in [4.69, 9.17) is 9.57 Å². The summed E-state index contributed by atoms with van der Waals surface area (Å²) in [6.07, 6.45) is 0. The molecule has 12 nitrogen and oxygen atoms in total. The Bertz CT molecular complexity index is 2010. The van der Waals surface area contributed by atoms with Gasteiger partial charge in [-0.3, -0.25) is 4.79 Å². The highest BCUT2D eigenvalue weighted by Crippen LogP contribution is 2.31. The zero-order chi connectivity index (χ0) is 34.5. The van der Waals surface area contributed by atoms with E-state index in [9.17, 15) is 23.3 Å². The van der Waals surface area contributed by atoms with Crippen molar-refractivity contribution in [3.8, 4) is 28.6 Å². The van der Waals surface area contributed by atoms with Gasteiger partial charge in [-0.1, -0.05) is 30.8 Å². The lowest BCUT2D eigenvalue weighted by Gasteiger charge is -2.21. The van der Waals surface area contributed by atoms with Crippen LogP contribution in [-0.4, -0.2) is 42.2 Å². The molecule has 4 rings (SSSR count). The molecule has 4 aromatic rings. The zero-order valence-electron chi connectivity index (χ0n) is 26.3. The number of aromatic nitrogens is 2. The number of sulfonamides is 1. The first-order chi connectivity index (χ1) is 22.1. The Hall–Kier alpha value is -5.52. The summed E-state index contributed by atoms with van der Waals surface area (Å²) >= 11 is 0. The minimum atomic E-state index is -3.95. The Kier molecular flexibility index (Phi) is 10.1. The number of rotatable bonds is 11. The van der Waals surface area contributed by atoms with Gasteiger partial charge in [-0.05, 0) is 76.6 Å². The summed E-state index contributed by atoms with van der Waals surface area (Å²) < 4.78 is 50.5. The lowest BCUT2D eigenvalue weighted by atomic mass is 10.0. The fraction of sp³-hybridized carbons (Fsp3) is 0.212. The van der Waals surface area contributed by atoms with Crippen LogP contribution in [0.15, 0.2) is 83.9 Å². The van der Waals surface area contributed by atoms with Gasteiger partial charge < -0.3 is 14.9 Å². The third kappa shape index (κ3) is 8.20. The van der Waals surface area contributed by atoms with E-state index in [0.29, 0.717) is 5.70 Å². The molecule has 0 radical (unpaired) electrons. The van der Waals surface area contributed by atoms with Crippen molar-refractivity contribution >= 4 is 27.6 Å². The SMILES string of the molecule is C=C(C)NOc1ccc(-n2nc(C(=O)OCC)cc2C(=O)Nc2ccc(-c3ccccc3S(=O)(=O)NC(C)(C)C)cc2F)cc1C#N. The molecule has 0 fully saturated rings. The first kappa shape index (κ1) is 34.4. The van der Waals surface area contributed by atoms with Crippen LogP contribution in [-0.2, 0) is 14.8 Å². The predicted molar refractivity (Wildman–Crippen MR) is 173 cm³/mol. The molecule has 0 atom stereocenters. The van der Waals surface area contributed by atoms with Crippen LogP contribution in [0.4, 0.5) is 10.1 Å². The molecule has 1 aromatic heterocycles. The second-order valence-corrected chi connectivity index (χ2v) is 13.0. The van der Waals surface area contributed by atoms with Crippen molar-refractivity contribution in [3.05, 3.63) is 102 Å². The van der Waals surface area contributed by atoms with Gasteiger partial charge in [-0.15, -0.1) is 0 Å². The Morgan fingerprint density at radius 2 is 1.81 bits per heavy atom. The second-order valence-electron chi connectivity index (χ2n) is 11.3. The summed E-state index contributed by atoms with van der Waals surface area (Å²) in [5, 5.41) is 16.4. The van der Waals surface area contributed by atoms with Gasteiger partial charge in [0.05, 0.1) is 28.4 Å². The van der Waals surface area contributed by atoms with Gasteiger partial charge >= 0.3 is 5.97 Å². The van der Waals surface area contributed by atoms with Gasteiger partial charge in [-0.2, -0.15) is 10.4 Å². The average Bonchev–Trinajstić information content (AvgIpc) is 3.46. The largest absolute Gasteiger partial charge is 0.461 e. The number of hydrogen-bond acceptors (Lipinski definition) is 9. The topological polar surface area (TPSA) is 164 Å². The quantitative estimate of drug-likeness (QED) is 0.140. The van der Waals surface area contributed by atoms with Gasteiger partial charge in [0.25, 0.3) is 5.91 Å². The molecule has 0 saturated heterocycles. The van der Waals surface area contributed by atoms with E-state index in [1.165, 1.54) is 42.5 Å².